The second kappa shape index (κ2) is 8.29. The fourth-order valence-electron chi connectivity index (χ4n) is 2.04. The largest absolute Gasteiger partial charge is 0.387 e. The van der Waals surface area contributed by atoms with Crippen molar-refractivity contribution in [3.8, 4) is 0 Å². The molecule has 1 heterocycles. The molecule has 1 unspecified atom stereocenters. The Morgan fingerprint density at radius 1 is 1.35 bits per heavy atom. The van der Waals surface area contributed by atoms with Crippen LogP contribution in [0.2, 0.25) is 5.02 Å². The second-order valence-corrected chi connectivity index (χ2v) is 6.77. The monoisotopic (exact) mass is 348 g/mol. The van der Waals surface area contributed by atoms with Crippen molar-refractivity contribution in [3.63, 3.8) is 0 Å². The summed E-state index contributed by atoms with van der Waals surface area (Å²) in [5, 5.41) is 16.8. The first kappa shape index (κ1) is 17.7. The zero-order valence-electron chi connectivity index (χ0n) is 13.5. The van der Waals surface area contributed by atoms with Crippen molar-refractivity contribution >= 4 is 40.4 Å². The highest BCUT2D eigenvalue weighted by Crippen LogP contribution is 2.24. The van der Waals surface area contributed by atoms with Gasteiger partial charge in [-0.15, -0.1) is 11.3 Å². The van der Waals surface area contributed by atoms with Crippen LogP contribution in [0.3, 0.4) is 0 Å². The van der Waals surface area contributed by atoms with Crippen LogP contribution in [0.15, 0.2) is 47.6 Å². The number of thiophene rings is 1. The van der Waals surface area contributed by atoms with Crippen LogP contribution in [0.1, 0.15) is 23.6 Å². The summed E-state index contributed by atoms with van der Waals surface area (Å²) < 4.78 is 0. The summed E-state index contributed by atoms with van der Waals surface area (Å²) in [6.07, 6.45) is 4.20. The average molecular weight is 349 g/mol. The van der Waals surface area contributed by atoms with E-state index in [0.717, 1.165) is 17.0 Å². The van der Waals surface area contributed by atoms with Gasteiger partial charge in [0.25, 0.3) is 0 Å². The third kappa shape index (κ3) is 4.93. The summed E-state index contributed by atoms with van der Waals surface area (Å²) in [6.45, 7) is 3.84. The molecule has 2 aromatic rings. The number of anilines is 1. The Morgan fingerprint density at radius 3 is 2.70 bits per heavy atom. The van der Waals surface area contributed by atoms with Gasteiger partial charge in [-0.05, 0) is 49.8 Å². The molecule has 1 aromatic heterocycles. The molecule has 0 aliphatic heterocycles. The molecule has 1 N–H and O–H groups in total. The summed E-state index contributed by atoms with van der Waals surface area (Å²) in [7, 11) is 1.82. The molecule has 0 bridgehead atoms. The van der Waals surface area contributed by atoms with E-state index in [1.54, 1.807) is 23.3 Å². The number of hydrazone groups is 1. The van der Waals surface area contributed by atoms with Crippen LogP contribution in [0.25, 0.3) is 6.08 Å². The molecular weight excluding hydrogens is 328 g/mol. The van der Waals surface area contributed by atoms with E-state index < -0.39 is 6.10 Å². The molecule has 0 amide bonds. The van der Waals surface area contributed by atoms with Crippen LogP contribution in [0.4, 0.5) is 5.69 Å². The van der Waals surface area contributed by atoms with Crippen molar-refractivity contribution in [2.45, 2.75) is 26.4 Å². The lowest BCUT2D eigenvalue weighted by Crippen LogP contribution is -2.20. The van der Waals surface area contributed by atoms with Gasteiger partial charge in [-0.25, -0.2) is 0 Å². The summed E-state index contributed by atoms with van der Waals surface area (Å²) in [5.74, 6) is 0. The minimum absolute atomic E-state index is 0.582. The van der Waals surface area contributed by atoms with Crippen molar-refractivity contribution in [2.75, 3.05) is 12.1 Å². The van der Waals surface area contributed by atoms with Gasteiger partial charge in [-0.2, -0.15) is 5.10 Å². The Kier molecular flexibility index (Phi) is 6.39. The highest BCUT2D eigenvalue weighted by Gasteiger charge is 2.08. The first-order valence-corrected chi connectivity index (χ1v) is 8.72. The van der Waals surface area contributed by atoms with Gasteiger partial charge in [-0.3, -0.25) is 5.01 Å². The predicted molar refractivity (Wildman–Crippen MR) is 102 cm³/mol. The fraction of sp³-hybridized carbons (Fsp3) is 0.278. The molecule has 0 saturated heterocycles. The lowest BCUT2D eigenvalue weighted by Gasteiger charge is -2.17. The van der Waals surface area contributed by atoms with E-state index in [9.17, 15) is 5.11 Å². The van der Waals surface area contributed by atoms with Crippen LogP contribution >= 0.6 is 22.9 Å². The molecular formula is C18H21ClN2OS. The number of para-hydroxylation sites is 1. The maximum absolute atomic E-state index is 9.97. The third-order valence-corrected chi connectivity index (χ3v) is 4.86. The zero-order valence-corrected chi connectivity index (χ0v) is 15.1. The number of rotatable bonds is 6. The minimum atomic E-state index is -0.665. The molecule has 23 heavy (non-hydrogen) atoms. The quantitative estimate of drug-likeness (QED) is 0.598. The number of nitrogens with zero attached hydrogens (tertiary/aromatic N) is 2. The lowest BCUT2D eigenvalue weighted by molar-refractivity contribution is 0.262. The lowest BCUT2D eigenvalue weighted by atomic mass is 10.2. The number of aliphatic hydroxyl groups excluding tert-OH is 1. The van der Waals surface area contributed by atoms with Gasteiger partial charge in [0.2, 0.25) is 0 Å². The van der Waals surface area contributed by atoms with Gasteiger partial charge in [0.15, 0.2) is 0 Å². The van der Waals surface area contributed by atoms with E-state index in [1.807, 2.05) is 43.5 Å². The summed E-state index contributed by atoms with van der Waals surface area (Å²) in [5.41, 5.74) is 1.38. The molecule has 2 rings (SSSR count). The van der Waals surface area contributed by atoms with Crippen molar-refractivity contribution in [1.82, 2.24) is 0 Å². The molecule has 122 valence electrons. The van der Waals surface area contributed by atoms with Gasteiger partial charge in [0.05, 0.1) is 22.5 Å². The maximum atomic E-state index is 9.97. The van der Waals surface area contributed by atoms with Crippen LogP contribution in [0, 0.1) is 0 Å². The molecule has 1 atom stereocenters. The van der Waals surface area contributed by atoms with Gasteiger partial charge in [-0.1, -0.05) is 30.7 Å². The molecule has 0 fully saturated rings. The smallest absolute Gasteiger partial charge is 0.0949 e. The van der Waals surface area contributed by atoms with Gasteiger partial charge >= 0.3 is 0 Å². The fourth-order valence-corrected chi connectivity index (χ4v) is 3.15. The van der Waals surface area contributed by atoms with Gasteiger partial charge in [0.1, 0.15) is 0 Å². The highest BCUT2D eigenvalue weighted by molar-refractivity contribution is 7.12. The molecule has 3 nitrogen and oxygen atoms in total. The van der Waals surface area contributed by atoms with E-state index in [2.05, 4.69) is 24.2 Å². The number of halogens is 1. The normalized spacial score (nSPS) is 13.5. The maximum Gasteiger partial charge on any atom is 0.0949 e. The molecule has 5 heteroatoms. The number of benzene rings is 1. The molecule has 1 aromatic carbocycles. The van der Waals surface area contributed by atoms with Crippen molar-refractivity contribution in [1.29, 1.82) is 0 Å². The second-order valence-electron chi connectivity index (χ2n) is 5.17. The molecule has 0 saturated carbocycles. The average Bonchev–Trinajstić information content (AvgIpc) is 2.99. The standard InChI is InChI=1S/C18H21ClN2OS/c1-4-14-9-10-15(23-14)11-12-17(13(2)22)20-21(3)18-8-6-5-7-16(18)19/h5-13,22H,4H2,1-3H3/b12-11+,20-17+. The Labute approximate surface area is 146 Å². The molecule has 0 spiro atoms. The van der Waals surface area contributed by atoms with E-state index in [1.165, 1.54) is 4.88 Å². The zero-order chi connectivity index (χ0) is 16.8. The number of aryl methyl sites for hydroxylation is 1. The number of hydrogen-bond donors (Lipinski definition) is 1. The molecule has 0 radical (unpaired) electrons. The first-order chi connectivity index (χ1) is 11.0. The van der Waals surface area contributed by atoms with Crippen LogP contribution in [-0.2, 0) is 6.42 Å². The van der Waals surface area contributed by atoms with Gasteiger partial charge in [0, 0.05) is 16.8 Å². The summed E-state index contributed by atoms with van der Waals surface area (Å²) in [6, 6.07) is 11.7. The Hall–Kier alpha value is -1.62. The molecule has 0 aliphatic carbocycles. The molecule has 0 aliphatic rings. The summed E-state index contributed by atoms with van der Waals surface area (Å²) >= 11 is 7.93. The SMILES string of the molecule is CCc1ccc(/C=C/C(=N\N(C)c2ccccc2Cl)C(C)O)s1. The Morgan fingerprint density at radius 2 is 2.09 bits per heavy atom. The highest BCUT2D eigenvalue weighted by atomic mass is 35.5. The number of hydrogen-bond acceptors (Lipinski definition) is 4. The van der Waals surface area contributed by atoms with Crippen LogP contribution in [0.5, 0.6) is 0 Å². The van der Waals surface area contributed by atoms with Crippen LogP contribution < -0.4 is 5.01 Å². The third-order valence-electron chi connectivity index (χ3n) is 3.34. The topological polar surface area (TPSA) is 35.8 Å². The first-order valence-electron chi connectivity index (χ1n) is 7.53. The minimum Gasteiger partial charge on any atom is -0.387 e. The van der Waals surface area contributed by atoms with E-state index in [4.69, 9.17) is 11.6 Å². The van der Waals surface area contributed by atoms with E-state index in [-0.39, 0.29) is 0 Å². The van der Waals surface area contributed by atoms with Gasteiger partial charge < -0.3 is 5.11 Å². The van der Waals surface area contributed by atoms with E-state index in [0.29, 0.717) is 10.7 Å². The summed E-state index contributed by atoms with van der Waals surface area (Å²) in [4.78, 5) is 2.49. The Bertz CT molecular complexity index is 707. The Balaban J connectivity index is 2.22. The van der Waals surface area contributed by atoms with Crippen molar-refractivity contribution in [3.05, 3.63) is 57.3 Å². The number of aliphatic hydroxyl groups is 1. The van der Waals surface area contributed by atoms with E-state index >= 15 is 0 Å². The predicted octanol–water partition coefficient (Wildman–Crippen LogP) is 4.85. The van der Waals surface area contributed by atoms with Crippen LogP contribution in [-0.4, -0.2) is 24.0 Å². The van der Waals surface area contributed by atoms with Crippen molar-refractivity contribution in [2.24, 2.45) is 5.10 Å². The van der Waals surface area contributed by atoms with Crippen molar-refractivity contribution < 1.29 is 5.11 Å².